The molecule has 2 aromatic rings. The molecule has 257 valence electrons. The Morgan fingerprint density at radius 2 is 0.956 bits per heavy atom. The first-order chi connectivity index (χ1) is 19.5. The van der Waals surface area contributed by atoms with Crippen molar-refractivity contribution in [2.24, 2.45) is 20.3 Å². The second-order valence-corrected chi connectivity index (χ2v) is 23.7. The normalized spacial score (nSPS) is 12.4. The molecular weight excluding hydrogens is 668 g/mol. The van der Waals surface area contributed by atoms with Crippen molar-refractivity contribution in [2.45, 2.75) is 74.4 Å². The fourth-order valence-corrected chi connectivity index (χ4v) is 2.51. The summed E-state index contributed by atoms with van der Waals surface area (Å²) in [5.74, 6) is 0. The van der Waals surface area contributed by atoms with Crippen molar-refractivity contribution in [3.05, 3.63) is 72.3 Å². The topological polar surface area (TPSA) is 128 Å². The van der Waals surface area contributed by atoms with E-state index < -0.39 is 26.3 Å². The van der Waals surface area contributed by atoms with Gasteiger partial charge < -0.3 is 17.9 Å². The van der Waals surface area contributed by atoms with Gasteiger partial charge in [0.25, 0.3) is 0 Å². The second kappa shape index (κ2) is 23.8. The third kappa shape index (κ3) is 29.9. The van der Waals surface area contributed by atoms with Crippen LogP contribution in [-0.2, 0) is 36.0 Å². The molecular formula is C31H56CoN6O4SSi2. The zero-order valence-corrected chi connectivity index (χ0v) is 32.8. The first kappa shape index (κ1) is 49.4. The SMILES string of the molecule is C.CN=C(C)c1cccc(/C(C)=N/OC)n1.CN=C(C)c1cccc(C(C)=NOS(C)(=O)=O)n1.[CH2-][Si](C)(C)C.[CH2-][Si](C)(C)C.[Co+2]. The Bertz CT molecular complexity index is 1340. The monoisotopic (exact) mass is 723 g/mol. The molecule has 0 aliphatic carbocycles. The number of aliphatic imine (C=N–C) groups is 2. The smallest absolute Gasteiger partial charge is 0.399 e. The molecule has 0 atom stereocenters. The van der Waals surface area contributed by atoms with Crippen molar-refractivity contribution in [1.82, 2.24) is 9.97 Å². The van der Waals surface area contributed by atoms with Crippen LogP contribution >= 0.6 is 0 Å². The van der Waals surface area contributed by atoms with Gasteiger partial charge >= 0.3 is 26.9 Å². The minimum atomic E-state index is -3.60. The summed E-state index contributed by atoms with van der Waals surface area (Å²) in [7, 11) is -0.372. The fraction of sp³-hybridized carbons (Fsp3) is 0.484. The first-order valence-electron chi connectivity index (χ1n) is 13.6. The van der Waals surface area contributed by atoms with E-state index in [1.807, 2.05) is 45.0 Å². The Labute approximate surface area is 286 Å². The van der Waals surface area contributed by atoms with Crippen LogP contribution in [0.25, 0.3) is 0 Å². The van der Waals surface area contributed by atoms with Crippen LogP contribution in [0, 0.1) is 13.1 Å². The van der Waals surface area contributed by atoms with Gasteiger partial charge in [-0.3, -0.25) is 14.3 Å². The van der Waals surface area contributed by atoms with Crippen molar-refractivity contribution in [2.75, 3.05) is 27.5 Å². The van der Waals surface area contributed by atoms with Gasteiger partial charge in [-0.15, -0.1) is 16.1 Å². The van der Waals surface area contributed by atoms with E-state index in [1.165, 1.54) is 7.11 Å². The van der Waals surface area contributed by atoms with Crippen molar-refractivity contribution < 1.29 is 34.3 Å². The fourth-order valence-electron chi connectivity index (χ4n) is 2.26. The van der Waals surface area contributed by atoms with Crippen molar-refractivity contribution in [3.63, 3.8) is 0 Å². The number of oxime groups is 2. The van der Waals surface area contributed by atoms with Gasteiger partial charge in [0.1, 0.15) is 18.5 Å². The minimum Gasteiger partial charge on any atom is -0.399 e. The summed E-state index contributed by atoms with van der Waals surface area (Å²) < 4.78 is 26.0. The van der Waals surface area contributed by atoms with Crippen LogP contribution < -0.4 is 0 Å². The van der Waals surface area contributed by atoms with E-state index in [1.54, 1.807) is 33.2 Å². The van der Waals surface area contributed by atoms with Gasteiger partial charge in [-0.1, -0.05) is 69.2 Å². The molecule has 0 aliphatic rings. The number of hydrogen-bond acceptors (Lipinski definition) is 10. The third-order valence-electron chi connectivity index (χ3n) is 4.19. The van der Waals surface area contributed by atoms with Gasteiger partial charge in [0.15, 0.2) is 0 Å². The molecule has 2 aromatic heterocycles. The van der Waals surface area contributed by atoms with E-state index in [2.05, 4.69) is 86.9 Å². The summed E-state index contributed by atoms with van der Waals surface area (Å²) in [4.78, 5) is 21.6. The van der Waals surface area contributed by atoms with Gasteiger partial charge in [0, 0.05) is 14.1 Å². The van der Waals surface area contributed by atoms with Crippen LogP contribution in [0.1, 0.15) is 57.9 Å². The van der Waals surface area contributed by atoms with Crippen LogP contribution in [0.4, 0.5) is 0 Å². The van der Waals surface area contributed by atoms with E-state index >= 15 is 0 Å². The Kier molecular flexibility index (Phi) is 26.1. The third-order valence-corrected chi connectivity index (χ3v) is 4.53. The molecule has 2 heterocycles. The van der Waals surface area contributed by atoms with E-state index in [-0.39, 0.29) is 24.2 Å². The van der Waals surface area contributed by atoms with Crippen LogP contribution in [0.3, 0.4) is 0 Å². The van der Waals surface area contributed by atoms with Crippen molar-refractivity contribution in [1.29, 1.82) is 0 Å². The van der Waals surface area contributed by atoms with Crippen LogP contribution in [0.15, 0.2) is 56.7 Å². The zero-order chi connectivity index (χ0) is 34.0. The van der Waals surface area contributed by atoms with Crippen molar-refractivity contribution >= 4 is 49.1 Å². The van der Waals surface area contributed by atoms with Gasteiger partial charge in [0.2, 0.25) is 0 Å². The molecule has 2 rings (SSSR count). The molecule has 1 radical (unpaired) electrons. The molecule has 0 aromatic carbocycles. The molecule has 0 fully saturated rings. The van der Waals surface area contributed by atoms with Gasteiger partial charge in [-0.25, -0.2) is 9.97 Å². The Morgan fingerprint density at radius 1 is 0.689 bits per heavy atom. The predicted molar refractivity (Wildman–Crippen MR) is 196 cm³/mol. The van der Waals surface area contributed by atoms with E-state index in [9.17, 15) is 8.42 Å². The average Bonchev–Trinajstić information content (AvgIpc) is 2.89. The second-order valence-electron chi connectivity index (χ2n) is 11.9. The maximum absolute atomic E-state index is 10.8. The molecule has 10 nitrogen and oxygen atoms in total. The molecule has 0 saturated heterocycles. The first-order valence-corrected chi connectivity index (χ1v) is 22.8. The maximum Gasteiger partial charge on any atom is 2.00 e. The summed E-state index contributed by atoms with van der Waals surface area (Å²) in [5, 5.41) is 7.35. The van der Waals surface area contributed by atoms with Crippen LogP contribution in [0.5, 0.6) is 0 Å². The molecule has 0 N–H and O–H groups in total. The van der Waals surface area contributed by atoms with Gasteiger partial charge in [-0.05, 0) is 52.0 Å². The average molecular weight is 724 g/mol. The number of pyridine rings is 2. The molecule has 0 aliphatic heterocycles. The number of nitrogens with zero attached hydrogens (tertiary/aromatic N) is 6. The number of hydrogen-bond donors (Lipinski definition) is 0. The summed E-state index contributed by atoms with van der Waals surface area (Å²) in [6.45, 7) is 28.4. The molecule has 14 heteroatoms. The Morgan fingerprint density at radius 3 is 1.20 bits per heavy atom. The van der Waals surface area contributed by atoms with E-state index in [4.69, 9.17) is 4.84 Å². The molecule has 0 unspecified atom stereocenters. The quantitative estimate of drug-likeness (QED) is 0.129. The maximum atomic E-state index is 10.8. The number of rotatable bonds is 7. The molecule has 0 bridgehead atoms. The molecule has 45 heavy (non-hydrogen) atoms. The minimum absolute atomic E-state index is 0. The Balaban J connectivity index is -0.000000280. The largest absolute Gasteiger partial charge is 2.00 e. The summed E-state index contributed by atoms with van der Waals surface area (Å²) in [5.41, 5.74) is 5.74. The molecule has 0 spiro atoms. The van der Waals surface area contributed by atoms with Crippen LogP contribution in [-0.4, -0.2) is 84.8 Å². The van der Waals surface area contributed by atoms with Gasteiger partial charge in [-0.2, -0.15) is 8.42 Å². The Hall–Kier alpha value is -2.53. The van der Waals surface area contributed by atoms with Crippen molar-refractivity contribution in [3.8, 4) is 0 Å². The summed E-state index contributed by atoms with van der Waals surface area (Å²) in [6, 6.07) is 11.1. The van der Waals surface area contributed by atoms with E-state index in [0.29, 0.717) is 17.1 Å². The van der Waals surface area contributed by atoms with E-state index in [0.717, 1.165) is 34.8 Å². The summed E-state index contributed by atoms with van der Waals surface area (Å²) in [6.07, 6.45) is 0.932. The summed E-state index contributed by atoms with van der Waals surface area (Å²) >= 11 is 0. The van der Waals surface area contributed by atoms with Gasteiger partial charge in [0.05, 0.1) is 40.5 Å². The molecule has 0 amide bonds. The predicted octanol–water partition coefficient (Wildman–Crippen LogP) is 7.14. The number of aromatic nitrogens is 2. The zero-order valence-electron chi connectivity index (χ0n) is 28.9. The molecule has 0 saturated carbocycles. The standard InChI is InChI=1S/C11H15N3O3S.C11H15N3O.2C4H11Si.CH4.Co/c1-8(12-3)10-6-5-7-11(13-10)9(2)14-17-18(4,15)16;1-8(12-3)10-6-5-7-11(13-10)9(2)14-15-4;2*1-5(2,3)4;;/h5-7H,1-4H3;5-7H,1-4H3;2*1H2,2-4H3;1H4;/q;;2*-1;;+2/b;12-8?,14-9+;;;;. The van der Waals surface area contributed by atoms with Crippen LogP contribution in [0.2, 0.25) is 39.3 Å².